The van der Waals surface area contributed by atoms with Crippen LogP contribution in [0.25, 0.3) is 0 Å². The molecular formula is C14H23NOS. The van der Waals surface area contributed by atoms with Crippen molar-refractivity contribution in [2.45, 2.75) is 39.2 Å². The fourth-order valence-electron chi connectivity index (χ4n) is 2.57. The minimum atomic E-state index is 0.532. The fraction of sp³-hybridized carbons (Fsp3) is 0.714. The highest BCUT2D eigenvalue weighted by Gasteiger charge is 2.26. The van der Waals surface area contributed by atoms with Crippen LogP contribution in [0.1, 0.15) is 43.4 Å². The summed E-state index contributed by atoms with van der Waals surface area (Å²) in [6, 6.07) is 0.532. The number of hydrogen-bond acceptors (Lipinski definition) is 3. The van der Waals surface area contributed by atoms with Crippen molar-refractivity contribution in [2.24, 2.45) is 5.92 Å². The monoisotopic (exact) mass is 253 g/mol. The average Bonchev–Trinajstić information content (AvgIpc) is 2.78. The number of aryl methyl sites for hydroxylation is 1. The number of rotatable bonds is 5. The summed E-state index contributed by atoms with van der Waals surface area (Å²) in [4.78, 5) is 0. The zero-order valence-corrected chi connectivity index (χ0v) is 11.7. The van der Waals surface area contributed by atoms with E-state index in [1.54, 1.807) is 0 Å². The van der Waals surface area contributed by atoms with Crippen LogP contribution < -0.4 is 5.32 Å². The van der Waals surface area contributed by atoms with Gasteiger partial charge in [0, 0.05) is 19.3 Å². The standard InChI is InChI=1S/C14H23NOS/c1-3-6-15-14(12-4-7-16-8-5-12)13-10-17-9-11(13)2/h9-10,12,14-15H,3-8H2,1-2H3. The van der Waals surface area contributed by atoms with Gasteiger partial charge in [-0.25, -0.2) is 0 Å². The van der Waals surface area contributed by atoms with E-state index in [1.165, 1.54) is 30.4 Å². The van der Waals surface area contributed by atoms with Gasteiger partial charge in [0.2, 0.25) is 0 Å². The van der Waals surface area contributed by atoms with Crippen molar-refractivity contribution in [3.63, 3.8) is 0 Å². The van der Waals surface area contributed by atoms with Crippen LogP contribution in [-0.4, -0.2) is 19.8 Å². The molecule has 1 N–H and O–H groups in total. The van der Waals surface area contributed by atoms with Crippen LogP contribution in [0.3, 0.4) is 0 Å². The van der Waals surface area contributed by atoms with Gasteiger partial charge in [0.05, 0.1) is 0 Å². The van der Waals surface area contributed by atoms with E-state index in [-0.39, 0.29) is 0 Å². The normalized spacial score (nSPS) is 19.4. The van der Waals surface area contributed by atoms with Crippen molar-refractivity contribution in [3.05, 3.63) is 21.9 Å². The van der Waals surface area contributed by atoms with E-state index >= 15 is 0 Å². The molecule has 1 fully saturated rings. The maximum Gasteiger partial charge on any atom is 0.0469 e. The van der Waals surface area contributed by atoms with Gasteiger partial charge in [-0.2, -0.15) is 11.3 Å². The molecule has 0 amide bonds. The molecule has 1 aromatic heterocycles. The van der Waals surface area contributed by atoms with Crippen LogP contribution in [0, 0.1) is 12.8 Å². The Bertz CT molecular complexity index is 331. The zero-order chi connectivity index (χ0) is 12.1. The Morgan fingerprint density at radius 2 is 2.18 bits per heavy atom. The van der Waals surface area contributed by atoms with E-state index in [9.17, 15) is 0 Å². The first-order chi connectivity index (χ1) is 8.33. The van der Waals surface area contributed by atoms with Crippen molar-refractivity contribution in [1.29, 1.82) is 0 Å². The molecule has 1 aromatic rings. The predicted octanol–water partition coefficient (Wildman–Crippen LogP) is 3.52. The van der Waals surface area contributed by atoms with Crippen LogP contribution in [0.15, 0.2) is 10.8 Å². The van der Waals surface area contributed by atoms with Crippen LogP contribution in [0.5, 0.6) is 0 Å². The Morgan fingerprint density at radius 1 is 1.41 bits per heavy atom. The van der Waals surface area contributed by atoms with Crippen molar-refractivity contribution in [2.75, 3.05) is 19.8 Å². The first-order valence-electron chi connectivity index (χ1n) is 6.66. The third-order valence-corrected chi connectivity index (χ3v) is 4.46. The second-order valence-electron chi connectivity index (χ2n) is 4.89. The lowest BCUT2D eigenvalue weighted by Gasteiger charge is -2.31. The second-order valence-corrected chi connectivity index (χ2v) is 5.64. The SMILES string of the molecule is CCCNC(c1cscc1C)C1CCOCC1. The Kier molecular flexibility index (Phi) is 5.01. The molecule has 17 heavy (non-hydrogen) atoms. The van der Waals surface area contributed by atoms with Crippen LogP contribution in [0.4, 0.5) is 0 Å². The molecule has 2 nitrogen and oxygen atoms in total. The van der Waals surface area contributed by atoms with E-state index in [4.69, 9.17) is 4.74 Å². The molecule has 3 heteroatoms. The highest BCUT2D eigenvalue weighted by molar-refractivity contribution is 7.08. The van der Waals surface area contributed by atoms with E-state index in [0.29, 0.717) is 6.04 Å². The van der Waals surface area contributed by atoms with Gasteiger partial charge in [-0.15, -0.1) is 0 Å². The van der Waals surface area contributed by atoms with Gasteiger partial charge in [0.25, 0.3) is 0 Å². The molecule has 0 aromatic carbocycles. The van der Waals surface area contributed by atoms with Crippen molar-refractivity contribution < 1.29 is 4.74 Å². The van der Waals surface area contributed by atoms with Gasteiger partial charge < -0.3 is 10.1 Å². The van der Waals surface area contributed by atoms with E-state index < -0.39 is 0 Å². The van der Waals surface area contributed by atoms with Gasteiger partial charge >= 0.3 is 0 Å². The lowest BCUT2D eigenvalue weighted by atomic mass is 9.87. The summed E-state index contributed by atoms with van der Waals surface area (Å²) in [5.74, 6) is 0.739. The minimum Gasteiger partial charge on any atom is -0.381 e. The molecule has 96 valence electrons. The Hall–Kier alpha value is -0.380. The lowest BCUT2D eigenvalue weighted by molar-refractivity contribution is 0.0536. The molecule has 0 radical (unpaired) electrons. The maximum absolute atomic E-state index is 5.48. The van der Waals surface area contributed by atoms with Crippen LogP contribution in [0.2, 0.25) is 0 Å². The van der Waals surface area contributed by atoms with Gasteiger partial charge in [0.15, 0.2) is 0 Å². The minimum absolute atomic E-state index is 0.532. The topological polar surface area (TPSA) is 21.3 Å². The molecule has 2 heterocycles. The average molecular weight is 253 g/mol. The molecule has 0 saturated carbocycles. The lowest BCUT2D eigenvalue weighted by Crippen LogP contribution is -2.32. The first-order valence-corrected chi connectivity index (χ1v) is 7.61. The van der Waals surface area contributed by atoms with Crippen LogP contribution in [-0.2, 0) is 4.74 Å². The molecule has 1 aliphatic rings. The molecule has 1 saturated heterocycles. The number of ether oxygens (including phenoxy) is 1. The Labute approximate surface area is 108 Å². The predicted molar refractivity (Wildman–Crippen MR) is 73.6 cm³/mol. The maximum atomic E-state index is 5.48. The van der Waals surface area contributed by atoms with E-state index in [2.05, 4.69) is 29.9 Å². The first kappa shape index (κ1) is 13.1. The molecule has 0 bridgehead atoms. The summed E-state index contributed by atoms with van der Waals surface area (Å²) in [6.45, 7) is 7.42. The van der Waals surface area contributed by atoms with E-state index in [1.807, 2.05) is 11.3 Å². The summed E-state index contributed by atoms with van der Waals surface area (Å²) in [5.41, 5.74) is 2.95. The molecular weight excluding hydrogens is 230 g/mol. The summed E-state index contributed by atoms with van der Waals surface area (Å²) >= 11 is 1.82. The summed E-state index contributed by atoms with van der Waals surface area (Å²) in [5, 5.41) is 8.31. The fourth-order valence-corrected chi connectivity index (χ4v) is 3.46. The van der Waals surface area contributed by atoms with Crippen molar-refractivity contribution in [1.82, 2.24) is 5.32 Å². The van der Waals surface area contributed by atoms with Gasteiger partial charge in [0.1, 0.15) is 0 Å². The third-order valence-electron chi connectivity index (χ3n) is 3.58. The van der Waals surface area contributed by atoms with Gasteiger partial charge in [-0.1, -0.05) is 6.92 Å². The molecule has 2 rings (SSSR count). The Morgan fingerprint density at radius 3 is 2.76 bits per heavy atom. The smallest absolute Gasteiger partial charge is 0.0469 e. The summed E-state index contributed by atoms with van der Waals surface area (Å²) in [7, 11) is 0. The van der Waals surface area contributed by atoms with Gasteiger partial charge in [-0.05, 0) is 60.5 Å². The zero-order valence-electron chi connectivity index (χ0n) is 10.9. The molecule has 1 unspecified atom stereocenters. The Balaban J connectivity index is 2.09. The quantitative estimate of drug-likeness (QED) is 0.867. The van der Waals surface area contributed by atoms with Gasteiger partial charge in [-0.3, -0.25) is 0 Å². The number of nitrogens with one attached hydrogen (secondary N) is 1. The highest BCUT2D eigenvalue weighted by Crippen LogP contribution is 2.33. The molecule has 0 spiro atoms. The largest absolute Gasteiger partial charge is 0.381 e. The summed E-state index contributed by atoms with van der Waals surface area (Å²) in [6.07, 6.45) is 3.58. The molecule has 1 aliphatic heterocycles. The van der Waals surface area contributed by atoms with Crippen molar-refractivity contribution >= 4 is 11.3 Å². The number of thiophene rings is 1. The number of hydrogen-bond donors (Lipinski definition) is 1. The molecule has 0 aliphatic carbocycles. The highest BCUT2D eigenvalue weighted by atomic mass is 32.1. The second kappa shape index (κ2) is 6.53. The van der Waals surface area contributed by atoms with E-state index in [0.717, 1.165) is 25.7 Å². The summed E-state index contributed by atoms with van der Waals surface area (Å²) < 4.78 is 5.48. The van der Waals surface area contributed by atoms with Crippen LogP contribution >= 0.6 is 11.3 Å². The van der Waals surface area contributed by atoms with Crippen molar-refractivity contribution in [3.8, 4) is 0 Å². The molecule has 1 atom stereocenters. The third kappa shape index (κ3) is 3.30.